The highest BCUT2D eigenvalue weighted by Crippen LogP contribution is 2.33. The minimum atomic E-state index is 0.640. The van der Waals surface area contributed by atoms with Gasteiger partial charge in [-0.3, -0.25) is 0 Å². The SMILES string of the molecule is CC1CCCC(N(C)c2ccc(CNC3CC3)cc2Cl)C1. The van der Waals surface area contributed by atoms with Crippen LogP contribution in [-0.2, 0) is 6.54 Å². The van der Waals surface area contributed by atoms with Crippen molar-refractivity contribution in [2.24, 2.45) is 5.92 Å². The fourth-order valence-electron chi connectivity index (χ4n) is 3.45. The molecule has 1 N–H and O–H groups in total. The van der Waals surface area contributed by atoms with E-state index < -0.39 is 0 Å². The van der Waals surface area contributed by atoms with E-state index in [-0.39, 0.29) is 0 Å². The van der Waals surface area contributed by atoms with Gasteiger partial charge in [-0.1, -0.05) is 37.4 Å². The lowest BCUT2D eigenvalue weighted by Crippen LogP contribution is -2.35. The molecular formula is C18H27ClN2. The summed E-state index contributed by atoms with van der Waals surface area (Å²) < 4.78 is 0. The zero-order valence-electron chi connectivity index (χ0n) is 13.2. The van der Waals surface area contributed by atoms with Gasteiger partial charge in [-0.05, 0) is 49.3 Å². The Kier molecular flexibility index (Phi) is 4.75. The maximum atomic E-state index is 6.54. The Hall–Kier alpha value is -0.730. The number of benzene rings is 1. The van der Waals surface area contributed by atoms with Gasteiger partial charge in [-0.15, -0.1) is 0 Å². The van der Waals surface area contributed by atoms with E-state index in [0.717, 1.165) is 23.5 Å². The largest absolute Gasteiger partial charge is 0.370 e. The molecular weight excluding hydrogens is 280 g/mol. The highest BCUT2D eigenvalue weighted by molar-refractivity contribution is 6.33. The van der Waals surface area contributed by atoms with E-state index >= 15 is 0 Å². The summed E-state index contributed by atoms with van der Waals surface area (Å²) in [6, 6.07) is 7.94. The molecule has 2 atom stereocenters. The van der Waals surface area contributed by atoms with Crippen LogP contribution in [0.25, 0.3) is 0 Å². The lowest BCUT2D eigenvalue weighted by Gasteiger charge is -2.36. The fourth-order valence-corrected chi connectivity index (χ4v) is 3.78. The topological polar surface area (TPSA) is 15.3 Å². The van der Waals surface area contributed by atoms with Crippen LogP contribution in [0.1, 0.15) is 51.0 Å². The van der Waals surface area contributed by atoms with E-state index in [2.05, 4.69) is 42.4 Å². The molecule has 0 aromatic heterocycles. The molecule has 3 heteroatoms. The summed E-state index contributed by atoms with van der Waals surface area (Å²) in [4.78, 5) is 2.40. The van der Waals surface area contributed by atoms with Gasteiger partial charge in [0.25, 0.3) is 0 Å². The number of rotatable bonds is 5. The van der Waals surface area contributed by atoms with Gasteiger partial charge in [0, 0.05) is 25.7 Å². The molecule has 0 bridgehead atoms. The van der Waals surface area contributed by atoms with Crippen molar-refractivity contribution in [1.29, 1.82) is 0 Å². The molecule has 2 unspecified atom stereocenters. The molecule has 116 valence electrons. The van der Waals surface area contributed by atoms with Crippen molar-refractivity contribution in [3.8, 4) is 0 Å². The smallest absolute Gasteiger partial charge is 0.0642 e. The number of hydrogen-bond donors (Lipinski definition) is 1. The number of hydrogen-bond acceptors (Lipinski definition) is 2. The first-order chi connectivity index (χ1) is 10.1. The number of nitrogens with one attached hydrogen (secondary N) is 1. The Morgan fingerprint density at radius 3 is 2.71 bits per heavy atom. The maximum absolute atomic E-state index is 6.54. The molecule has 21 heavy (non-hydrogen) atoms. The molecule has 2 aliphatic rings. The second kappa shape index (κ2) is 6.58. The summed E-state index contributed by atoms with van der Waals surface area (Å²) in [7, 11) is 2.20. The molecule has 0 heterocycles. The quantitative estimate of drug-likeness (QED) is 0.855. The molecule has 3 rings (SSSR count). The zero-order valence-corrected chi connectivity index (χ0v) is 14.0. The summed E-state index contributed by atoms with van der Waals surface area (Å²) in [5, 5.41) is 4.44. The van der Waals surface area contributed by atoms with Gasteiger partial charge < -0.3 is 10.2 Å². The van der Waals surface area contributed by atoms with Crippen LogP contribution in [0.15, 0.2) is 18.2 Å². The highest BCUT2D eigenvalue weighted by Gasteiger charge is 2.24. The van der Waals surface area contributed by atoms with Crippen molar-refractivity contribution in [3.05, 3.63) is 28.8 Å². The molecule has 0 spiro atoms. The minimum Gasteiger partial charge on any atom is -0.370 e. The first-order valence-electron chi connectivity index (χ1n) is 8.38. The van der Waals surface area contributed by atoms with Crippen LogP contribution in [0.4, 0.5) is 5.69 Å². The maximum Gasteiger partial charge on any atom is 0.0642 e. The van der Waals surface area contributed by atoms with E-state index in [9.17, 15) is 0 Å². The highest BCUT2D eigenvalue weighted by atomic mass is 35.5. The monoisotopic (exact) mass is 306 g/mol. The average Bonchev–Trinajstić information content (AvgIpc) is 3.29. The fraction of sp³-hybridized carbons (Fsp3) is 0.667. The van der Waals surface area contributed by atoms with Gasteiger partial charge in [0.2, 0.25) is 0 Å². The molecule has 2 fully saturated rings. The number of nitrogens with zero attached hydrogens (tertiary/aromatic N) is 1. The molecule has 0 amide bonds. The second-order valence-corrected chi connectivity index (χ2v) is 7.38. The van der Waals surface area contributed by atoms with Gasteiger partial charge in [-0.2, -0.15) is 0 Å². The summed E-state index contributed by atoms with van der Waals surface area (Å²) in [5.41, 5.74) is 2.48. The van der Waals surface area contributed by atoms with Gasteiger partial charge in [-0.25, -0.2) is 0 Å². The Balaban J connectivity index is 1.65. The van der Waals surface area contributed by atoms with Crippen LogP contribution < -0.4 is 10.2 Å². The van der Waals surface area contributed by atoms with Crippen LogP contribution in [0.5, 0.6) is 0 Å². The van der Waals surface area contributed by atoms with Crippen molar-refractivity contribution in [2.45, 2.75) is 64.1 Å². The third-order valence-electron chi connectivity index (χ3n) is 5.02. The predicted octanol–water partition coefficient (Wildman–Crippen LogP) is 4.61. The Morgan fingerprint density at radius 1 is 1.24 bits per heavy atom. The van der Waals surface area contributed by atoms with Crippen molar-refractivity contribution in [1.82, 2.24) is 5.32 Å². The molecule has 0 aliphatic heterocycles. The van der Waals surface area contributed by atoms with Crippen LogP contribution in [-0.4, -0.2) is 19.1 Å². The van der Waals surface area contributed by atoms with Crippen molar-refractivity contribution < 1.29 is 0 Å². The second-order valence-electron chi connectivity index (χ2n) is 6.98. The van der Waals surface area contributed by atoms with E-state index in [0.29, 0.717) is 6.04 Å². The Morgan fingerprint density at radius 2 is 2.05 bits per heavy atom. The average molecular weight is 307 g/mol. The van der Waals surface area contributed by atoms with E-state index in [1.807, 2.05) is 0 Å². The standard InChI is InChI=1S/C18H27ClN2/c1-13-4-3-5-16(10-13)21(2)18-9-6-14(11-17(18)19)12-20-15-7-8-15/h6,9,11,13,15-16,20H,3-5,7-8,10,12H2,1-2H3. The number of halogens is 1. The van der Waals surface area contributed by atoms with Gasteiger partial charge >= 0.3 is 0 Å². The molecule has 0 radical (unpaired) electrons. The first kappa shape index (κ1) is 15.2. The van der Waals surface area contributed by atoms with Gasteiger partial charge in [0.05, 0.1) is 10.7 Å². The van der Waals surface area contributed by atoms with E-state index in [4.69, 9.17) is 11.6 Å². The minimum absolute atomic E-state index is 0.640. The summed E-state index contributed by atoms with van der Waals surface area (Å²) in [6.45, 7) is 3.31. The molecule has 1 aromatic rings. The van der Waals surface area contributed by atoms with Crippen LogP contribution in [0.2, 0.25) is 5.02 Å². The van der Waals surface area contributed by atoms with Crippen molar-refractivity contribution in [3.63, 3.8) is 0 Å². The molecule has 2 aliphatic carbocycles. The summed E-state index contributed by atoms with van der Waals surface area (Å²) >= 11 is 6.54. The lowest BCUT2D eigenvalue weighted by atomic mass is 9.86. The van der Waals surface area contributed by atoms with E-state index in [1.165, 1.54) is 49.8 Å². The Bertz CT molecular complexity index is 484. The normalized spacial score (nSPS) is 25.9. The van der Waals surface area contributed by atoms with Crippen LogP contribution in [0.3, 0.4) is 0 Å². The third-order valence-corrected chi connectivity index (χ3v) is 5.32. The Labute approximate surface area is 133 Å². The lowest BCUT2D eigenvalue weighted by molar-refractivity contribution is 0.336. The van der Waals surface area contributed by atoms with Crippen LogP contribution in [0, 0.1) is 5.92 Å². The molecule has 0 saturated heterocycles. The van der Waals surface area contributed by atoms with Crippen LogP contribution >= 0.6 is 11.6 Å². The summed E-state index contributed by atoms with van der Waals surface area (Å²) in [5.74, 6) is 0.840. The van der Waals surface area contributed by atoms with Gasteiger partial charge in [0.15, 0.2) is 0 Å². The third kappa shape index (κ3) is 3.92. The zero-order chi connectivity index (χ0) is 14.8. The molecule has 2 nitrogen and oxygen atoms in total. The predicted molar refractivity (Wildman–Crippen MR) is 91.1 cm³/mol. The molecule has 2 saturated carbocycles. The van der Waals surface area contributed by atoms with Crippen molar-refractivity contribution in [2.75, 3.05) is 11.9 Å². The van der Waals surface area contributed by atoms with Gasteiger partial charge in [0.1, 0.15) is 0 Å². The summed E-state index contributed by atoms with van der Waals surface area (Å²) in [6.07, 6.45) is 7.96. The molecule has 1 aromatic carbocycles. The number of anilines is 1. The van der Waals surface area contributed by atoms with Crippen molar-refractivity contribution >= 4 is 17.3 Å². The van der Waals surface area contributed by atoms with E-state index in [1.54, 1.807) is 0 Å². The first-order valence-corrected chi connectivity index (χ1v) is 8.76.